The quantitative estimate of drug-likeness (QED) is 0.277. The zero-order valence-electron chi connectivity index (χ0n) is 24.9. The molecule has 0 aliphatic carbocycles. The molecule has 1 aliphatic heterocycles. The van der Waals surface area contributed by atoms with E-state index >= 15 is 0 Å². The van der Waals surface area contributed by atoms with E-state index in [1.165, 1.54) is 4.31 Å². The van der Waals surface area contributed by atoms with Crippen LogP contribution in [0.1, 0.15) is 36.8 Å². The van der Waals surface area contributed by atoms with E-state index in [0.29, 0.717) is 36.6 Å². The van der Waals surface area contributed by atoms with Crippen LogP contribution in [0.2, 0.25) is 5.02 Å². The number of carbonyl (C=O) groups is 2. The standard InChI is InChI=1S/C33H35ClN4O5S/c1-33(2,3)43-32(40)36-15-13-29-21-27(12-14-35-29)23-4-6-24(7-5-23)31(39)37-16-18-38(19-17-37)44(41,42)30-11-9-25-20-28(34)10-8-26(25)22-30/h4-12,14,20-22H,13,15-19H2,1-3H3,(H,36,40). The first-order chi connectivity index (χ1) is 20.9. The van der Waals surface area contributed by atoms with Gasteiger partial charge in [-0.05, 0) is 91.2 Å². The summed E-state index contributed by atoms with van der Waals surface area (Å²) in [5.74, 6) is -0.139. The van der Waals surface area contributed by atoms with Crippen molar-refractivity contribution in [1.82, 2.24) is 19.5 Å². The van der Waals surface area contributed by atoms with Crippen molar-refractivity contribution in [3.8, 4) is 11.1 Å². The van der Waals surface area contributed by atoms with Crippen LogP contribution in [0.25, 0.3) is 21.9 Å². The molecule has 4 aromatic rings. The van der Waals surface area contributed by atoms with Crippen LogP contribution in [0, 0.1) is 0 Å². The lowest BCUT2D eigenvalue weighted by Crippen LogP contribution is -2.50. The van der Waals surface area contributed by atoms with Crippen LogP contribution in [0.4, 0.5) is 4.79 Å². The minimum Gasteiger partial charge on any atom is -0.444 e. The van der Waals surface area contributed by atoms with Gasteiger partial charge in [-0.15, -0.1) is 0 Å². The Balaban J connectivity index is 1.17. The van der Waals surface area contributed by atoms with Crippen LogP contribution in [0.3, 0.4) is 0 Å². The van der Waals surface area contributed by atoms with Crippen molar-refractivity contribution >= 4 is 44.4 Å². The van der Waals surface area contributed by atoms with E-state index in [2.05, 4.69) is 10.3 Å². The molecule has 1 aromatic heterocycles. The fourth-order valence-electron chi connectivity index (χ4n) is 5.02. The number of rotatable bonds is 7. The minimum atomic E-state index is -3.70. The largest absolute Gasteiger partial charge is 0.444 e. The van der Waals surface area contributed by atoms with E-state index in [4.69, 9.17) is 16.3 Å². The van der Waals surface area contributed by atoms with Gasteiger partial charge in [-0.1, -0.05) is 35.9 Å². The number of hydrogen-bond donors (Lipinski definition) is 1. The number of amides is 2. The fraction of sp³-hybridized carbons (Fsp3) is 0.303. The number of fused-ring (bicyclic) bond motifs is 1. The Bertz CT molecular complexity index is 1780. The highest BCUT2D eigenvalue weighted by Crippen LogP contribution is 2.26. The number of carbonyl (C=O) groups excluding carboxylic acids is 2. The molecular formula is C33H35ClN4O5S. The maximum atomic E-state index is 13.3. The molecule has 1 N–H and O–H groups in total. The molecule has 0 atom stereocenters. The third-order valence-corrected chi connectivity index (χ3v) is 9.40. The van der Waals surface area contributed by atoms with Crippen molar-refractivity contribution in [2.75, 3.05) is 32.7 Å². The first-order valence-electron chi connectivity index (χ1n) is 14.4. The van der Waals surface area contributed by atoms with E-state index in [-0.39, 0.29) is 23.9 Å². The zero-order chi connectivity index (χ0) is 31.5. The van der Waals surface area contributed by atoms with E-state index in [0.717, 1.165) is 27.6 Å². The molecule has 1 fully saturated rings. The summed E-state index contributed by atoms with van der Waals surface area (Å²) in [5, 5.41) is 5.00. The van der Waals surface area contributed by atoms with E-state index in [1.54, 1.807) is 59.6 Å². The number of sulfonamides is 1. The zero-order valence-corrected chi connectivity index (χ0v) is 26.5. The van der Waals surface area contributed by atoms with Crippen LogP contribution >= 0.6 is 11.6 Å². The van der Waals surface area contributed by atoms with Gasteiger partial charge in [0.25, 0.3) is 5.91 Å². The van der Waals surface area contributed by atoms with Crippen LogP contribution in [0.5, 0.6) is 0 Å². The number of nitrogens with zero attached hydrogens (tertiary/aromatic N) is 3. The Hall–Kier alpha value is -3.99. The lowest BCUT2D eigenvalue weighted by atomic mass is 10.0. The van der Waals surface area contributed by atoms with Crippen LogP contribution in [-0.4, -0.2) is 72.9 Å². The summed E-state index contributed by atoms with van der Waals surface area (Å²) < 4.78 is 33.4. The molecule has 1 saturated heterocycles. The van der Waals surface area contributed by atoms with Gasteiger partial charge in [0, 0.05) is 61.6 Å². The van der Waals surface area contributed by atoms with E-state index < -0.39 is 21.7 Å². The molecule has 11 heteroatoms. The van der Waals surface area contributed by atoms with Crippen molar-refractivity contribution in [1.29, 1.82) is 0 Å². The molecule has 0 bridgehead atoms. The van der Waals surface area contributed by atoms with Gasteiger partial charge >= 0.3 is 6.09 Å². The summed E-state index contributed by atoms with van der Waals surface area (Å²) in [6.45, 7) is 6.87. The lowest BCUT2D eigenvalue weighted by Gasteiger charge is -2.34. The normalized spacial score (nSPS) is 14.4. The molecule has 2 heterocycles. The molecule has 2 amide bonds. The first-order valence-corrected chi connectivity index (χ1v) is 16.2. The van der Waals surface area contributed by atoms with Gasteiger partial charge in [0.1, 0.15) is 5.60 Å². The fourth-order valence-corrected chi connectivity index (χ4v) is 6.66. The van der Waals surface area contributed by atoms with Gasteiger partial charge in [0.2, 0.25) is 10.0 Å². The third kappa shape index (κ3) is 7.56. The lowest BCUT2D eigenvalue weighted by molar-refractivity contribution is 0.0528. The van der Waals surface area contributed by atoms with Crippen molar-refractivity contribution in [2.45, 2.75) is 37.7 Å². The highest BCUT2D eigenvalue weighted by molar-refractivity contribution is 7.89. The molecular weight excluding hydrogens is 600 g/mol. The Morgan fingerprint density at radius 1 is 0.886 bits per heavy atom. The van der Waals surface area contributed by atoms with Gasteiger partial charge in [0.15, 0.2) is 0 Å². The number of hydrogen-bond acceptors (Lipinski definition) is 6. The van der Waals surface area contributed by atoms with E-state index in [1.807, 2.05) is 45.0 Å². The monoisotopic (exact) mass is 634 g/mol. The summed E-state index contributed by atoms with van der Waals surface area (Å²) >= 11 is 6.06. The van der Waals surface area contributed by atoms with Crippen molar-refractivity contribution < 1.29 is 22.7 Å². The van der Waals surface area contributed by atoms with Crippen molar-refractivity contribution in [3.05, 3.63) is 95.3 Å². The summed E-state index contributed by atoms with van der Waals surface area (Å²) in [5.41, 5.74) is 2.67. The summed E-state index contributed by atoms with van der Waals surface area (Å²) in [7, 11) is -3.70. The maximum Gasteiger partial charge on any atom is 0.407 e. The van der Waals surface area contributed by atoms with E-state index in [9.17, 15) is 18.0 Å². The number of pyridine rings is 1. The molecule has 5 rings (SSSR count). The van der Waals surface area contributed by atoms with Gasteiger partial charge in [-0.2, -0.15) is 4.31 Å². The average Bonchev–Trinajstić information content (AvgIpc) is 3.00. The Kier molecular flexibility index (Phi) is 9.24. The topological polar surface area (TPSA) is 109 Å². The molecule has 1 aliphatic rings. The number of aromatic nitrogens is 1. The Morgan fingerprint density at radius 3 is 2.27 bits per heavy atom. The van der Waals surface area contributed by atoms with Crippen LogP contribution in [-0.2, 0) is 21.2 Å². The SMILES string of the molecule is CC(C)(C)OC(=O)NCCc1cc(-c2ccc(C(=O)N3CCN(S(=O)(=O)c4ccc5cc(Cl)ccc5c4)CC3)cc2)ccn1. The second-order valence-electron chi connectivity index (χ2n) is 11.6. The predicted molar refractivity (Wildman–Crippen MR) is 171 cm³/mol. The third-order valence-electron chi connectivity index (χ3n) is 7.27. The molecule has 0 radical (unpaired) electrons. The number of alkyl carbamates (subject to hydrolysis) is 1. The van der Waals surface area contributed by atoms with Gasteiger partial charge in [0.05, 0.1) is 4.90 Å². The molecule has 3 aromatic carbocycles. The second-order valence-corrected chi connectivity index (χ2v) is 14.0. The maximum absolute atomic E-state index is 13.3. The number of benzene rings is 3. The summed E-state index contributed by atoms with van der Waals surface area (Å²) in [4.78, 5) is 31.4. The molecule has 0 saturated carbocycles. The number of nitrogens with one attached hydrogen (secondary N) is 1. The Morgan fingerprint density at radius 2 is 1.57 bits per heavy atom. The van der Waals surface area contributed by atoms with Crippen molar-refractivity contribution in [2.24, 2.45) is 0 Å². The average molecular weight is 635 g/mol. The van der Waals surface area contributed by atoms with Gasteiger partial charge < -0.3 is 15.0 Å². The number of ether oxygens (including phenoxy) is 1. The predicted octanol–water partition coefficient (Wildman–Crippen LogP) is 5.77. The first kappa shape index (κ1) is 31.4. The van der Waals surface area contributed by atoms with Crippen LogP contribution in [0.15, 0.2) is 83.9 Å². The summed E-state index contributed by atoms with van der Waals surface area (Å²) in [6.07, 6.45) is 1.80. The minimum absolute atomic E-state index is 0.139. The Labute approximate surface area is 262 Å². The van der Waals surface area contributed by atoms with Crippen LogP contribution < -0.4 is 5.32 Å². The van der Waals surface area contributed by atoms with Crippen molar-refractivity contribution in [3.63, 3.8) is 0 Å². The van der Waals surface area contributed by atoms with Gasteiger partial charge in [-0.3, -0.25) is 9.78 Å². The number of halogens is 1. The molecule has 44 heavy (non-hydrogen) atoms. The molecule has 9 nitrogen and oxygen atoms in total. The molecule has 0 unspecified atom stereocenters. The number of piperazine rings is 1. The highest BCUT2D eigenvalue weighted by atomic mass is 35.5. The highest BCUT2D eigenvalue weighted by Gasteiger charge is 2.30. The molecule has 230 valence electrons. The second kappa shape index (κ2) is 12.9. The smallest absolute Gasteiger partial charge is 0.407 e. The molecule has 0 spiro atoms. The van der Waals surface area contributed by atoms with Gasteiger partial charge in [-0.25, -0.2) is 13.2 Å². The summed E-state index contributed by atoms with van der Waals surface area (Å²) in [6, 6.07) is 21.5.